The molecule has 2 heterocycles. The highest BCUT2D eigenvalue weighted by Gasteiger charge is 2.17. The van der Waals surface area contributed by atoms with Crippen molar-refractivity contribution in [3.63, 3.8) is 0 Å². The van der Waals surface area contributed by atoms with Crippen molar-refractivity contribution in [1.29, 1.82) is 0 Å². The Hall–Kier alpha value is -2.56. The zero-order valence-corrected chi connectivity index (χ0v) is 9.96. The first-order valence-electron chi connectivity index (χ1n) is 5.64. The number of H-pyrrole nitrogens is 1. The van der Waals surface area contributed by atoms with Gasteiger partial charge in [-0.15, -0.1) is 0 Å². The maximum Gasteiger partial charge on any atom is 0.129 e. The van der Waals surface area contributed by atoms with E-state index in [0.717, 1.165) is 22.4 Å². The van der Waals surface area contributed by atoms with Crippen molar-refractivity contribution >= 4 is 5.82 Å². The Balaban J connectivity index is 2.26. The Bertz CT molecular complexity index is 652. The van der Waals surface area contributed by atoms with Crippen molar-refractivity contribution in [2.45, 2.75) is 0 Å². The lowest BCUT2D eigenvalue weighted by Gasteiger charge is -2.02. The molecule has 3 N–H and O–H groups in total. The molecule has 0 atom stereocenters. The van der Waals surface area contributed by atoms with Crippen LogP contribution in [-0.2, 0) is 7.05 Å². The zero-order valence-electron chi connectivity index (χ0n) is 9.96. The molecule has 90 valence electrons. The fourth-order valence-electron chi connectivity index (χ4n) is 2.01. The Morgan fingerprint density at radius 2 is 1.94 bits per heavy atom. The van der Waals surface area contributed by atoms with Gasteiger partial charge in [0.2, 0.25) is 0 Å². The topological polar surface area (TPSA) is 72.5 Å². The molecule has 0 fully saturated rings. The monoisotopic (exact) mass is 239 g/mol. The number of benzene rings is 1. The highest BCUT2D eigenvalue weighted by Crippen LogP contribution is 2.35. The number of aryl methyl sites for hydroxylation is 1. The SMILES string of the molecule is Cn1nc(-c2cn[nH]c2)c(-c2ccccc2)c1N. The lowest BCUT2D eigenvalue weighted by molar-refractivity contribution is 0.782. The number of nitrogens with zero attached hydrogens (tertiary/aromatic N) is 3. The van der Waals surface area contributed by atoms with Gasteiger partial charge in [0, 0.05) is 18.8 Å². The number of anilines is 1. The van der Waals surface area contributed by atoms with Gasteiger partial charge in [0.1, 0.15) is 11.5 Å². The molecule has 0 unspecified atom stereocenters. The van der Waals surface area contributed by atoms with Crippen LogP contribution in [0.15, 0.2) is 42.7 Å². The van der Waals surface area contributed by atoms with Crippen LogP contribution in [0.5, 0.6) is 0 Å². The van der Waals surface area contributed by atoms with E-state index in [0.29, 0.717) is 5.82 Å². The molecular formula is C13H13N5. The van der Waals surface area contributed by atoms with Gasteiger partial charge in [-0.25, -0.2) is 0 Å². The Morgan fingerprint density at radius 1 is 1.17 bits per heavy atom. The van der Waals surface area contributed by atoms with Crippen LogP contribution in [0.4, 0.5) is 5.82 Å². The van der Waals surface area contributed by atoms with E-state index in [1.54, 1.807) is 10.9 Å². The molecule has 0 aliphatic heterocycles. The molecular weight excluding hydrogens is 226 g/mol. The summed E-state index contributed by atoms with van der Waals surface area (Å²) in [5.41, 5.74) is 9.88. The van der Waals surface area contributed by atoms with Gasteiger partial charge in [0.15, 0.2) is 0 Å². The van der Waals surface area contributed by atoms with Gasteiger partial charge in [-0.2, -0.15) is 10.2 Å². The molecule has 5 heteroatoms. The highest BCUT2D eigenvalue weighted by molar-refractivity contribution is 5.87. The lowest BCUT2D eigenvalue weighted by atomic mass is 10.0. The minimum atomic E-state index is 0.650. The summed E-state index contributed by atoms with van der Waals surface area (Å²) in [5, 5.41) is 11.2. The minimum Gasteiger partial charge on any atom is -0.383 e. The fraction of sp³-hybridized carbons (Fsp3) is 0.0769. The smallest absolute Gasteiger partial charge is 0.129 e. The summed E-state index contributed by atoms with van der Waals surface area (Å²) in [4.78, 5) is 0. The first-order chi connectivity index (χ1) is 8.77. The van der Waals surface area contributed by atoms with Gasteiger partial charge in [0.05, 0.1) is 11.8 Å². The van der Waals surface area contributed by atoms with Gasteiger partial charge in [-0.1, -0.05) is 30.3 Å². The van der Waals surface area contributed by atoms with Gasteiger partial charge >= 0.3 is 0 Å². The predicted molar refractivity (Wildman–Crippen MR) is 70.6 cm³/mol. The normalized spacial score (nSPS) is 10.7. The number of aromatic nitrogens is 4. The Morgan fingerprint density at radius 3 is 2.61 bits per heavy atom. The molecule has 0 amide bonds. The van der Waals surface area contributed by atoms with E-state index in [4.69, 9.17) is 5.73 Å². The van der Waals surface area contributed by atoms with E-state index in [-0.39, 0.29) is 0 Å². The van der Waals surface area contributed by atoms with Crippen LogP contribution in [0.2, 0.25) is 0 Å². The van der Waals surface area contributed by atoms with E-state index in [1.807, 2.05) is 43.6 Å². The third-order valence-corrected chi connectivity index (χ3v) is 2.93. The van der Waals surface area contributed by atoms with Crippen LogP contribution < -0.4 is 5.73 Å². The van der Waals surface area contributed by atoms with Crippen LogP contribution in [0.3, 0.4) is 0 Å². The van der Waals surface area contributed by atoms with Crippen molar-refractivity contribution in [3.8, 4) is 22.4 Å². The first-order valence-corrected chi connectivity index (χ1v) is 5.64. The van der Waals surface area contributed by atoms with Crippen molar-refractivity contribution in [1.82, 2.24) is 20.0 Å². The Kier molecular flexibility index (Phi) is 2.37. The van der Waals surface area contributed by atoms with Crippen LogP contribution in [-0.4, -0.2) is 20.0 Å². The second kappa shape index (κ2) is 4.03. The summed E-state index contributed by atoms with van der Waals surface area (Å²) in [6, 6.07) is 10.0. The van der Waals surface area contributed by atoms with Crippen molar-refractivity contribution in [2.75, 3.05) is 5.73 Å². The minimum absolute atomic E-state index is 0.650. The average molecular weight is 239 g/mol. The van der Waals surface area contributed by atoms with E-state index in [2.05, 4.69) is 15.3 Å². The van der Waals surface area contributed by atoms with E-state index in [1.165, 1.54) is 0 Å². The molecule has 0 bridgehead atoms. The van der Waals surface area contributed by atoms with Crippen LogP contribution in [0.1, 0.15) is 0 Å². The molecule has 18 heavy (non-hydrogen) atoms. The number of nitrogens with one attached hydrogen (secondary N) is 1. The largest absolute Gasteiger partial charge is 0.383 e. The Labute approximate surface area is 104 Å². The van der Waals surface area contributed by atoms with Crippen molar-refractivity contribution in [3.05, 3.63) is 42.7 Å². The summed E-state index contributed by atoms with van der Waals surface area (Å²) in [5.74, 6) is 0.650. The quantitative estimate of drug-likeness (QED) is 0.719. The summed E-state index contributed by atoms with van der Waals surface area (Å²) < 4.78 is 1.69. The molecule has 3 aromatic rings. The van der Waals surface area contributed by atoms with Crippen LogP contribution in [0, 0.1) is 0 Å². The third kappa shape index (κ3) is 1.57. The molecule has 5 nitrogen and oxygen atoms in total. The number of hydrogen-bond donors (Lipinski definition) is 2. The van der Waals surface area contributed by atoms with Gasteiger partial charge in [-0.05, 0) is 5.56 Å². The third-order valence-electron chi connectivity index (χ3n) is 2.93. The second-order valence-electron chi connectivity index (χ2n) is 4.09. The number of nitrogens with two attached hydrogens (primary N) is 1. The molecule has 2 aromatic heterocycles. The highest BCUT2D eigenvalue weighted by atomic mass is 15.3. The van der Waals surface area contributed by atoms with Gasteiger partial charge < -0.3 is 5.73 Å². The average Bonchev–Trinajstić information content (AvgIpc) is 3.00. The molecule has 0 aliphatic carbocycles. The van der Waals surface area contributed by atoms with E-state index < -0.39 is 0 Å². The molecule has 0 saturated heterocycles. The van der Waals surface area contributed by atoms with Crippen molar-refractivity contribution < 1.29 is 0 Å². The summed E-state index contributed by atoms with van der Waals surface area (Å²) >= 11 is 0. The summed E-state index contributed by atoms with van der Waals surface area (Å²) in [6.07, 6.45) is 3.56. The maximum atomic E-state index is 6.11. The lowest BCUT2D eigenvalue weighted by Crippen LogP contribution is -1.97. The number of nitrogen functional groups attached to an aromatic ring is 1. The van der Waals surface area contributed by atoms with Crippen molar-refractivity contribution in [2.24, 2.45) is 7.05 Å². The molecule has 3 rings (SSSR count). The first kappa shape index (κ1) is 10.6. The molecule has 1 aromatic carbocycles. The predicted octanol–water partition coefficient (Wildman–Crippen LogP) is 2.06. The van der Waals surface area contributed by atoms with Crippen LogP contribution in [0.25, 0.3) is 22.4 Å². The fourth-order valence-corrected chi connectivity index (χ4v) is 2.01. The summed E-state index contributed by atoms with van der Waals surface area (Å²) in [7, 11) is 1.84. The molecule has 0 spiro atoms. The molecule has 0 aliphatic rings. The number of aromatic amines is 1. The number of hydrogen-bond acceptors (Lipinski definition) is 3. The number of rotatable bonds is 2. The zero-order chi connectivity index (χ0) is 12.5. The standard InChI is InChI=1S/C13H13N5/c1-18-13(14)11(9-5-3-2-4-6-9)12(17-18)10-7-15-16-8-10/h2-8H,14H2,1H3,(H,15,16). The summed E-state index contributed by atoms with van der Waals surface area (Å²) in [6.45, 7) is 0. The van der Waals surface area contributed by atoms with Crippen LogP contribution >= 0.6 is 0 Å². The van der Waals surface area contributed by atoms with E-state index >= 15 is 0 Å². The molecule has 0 saturated carbocycles. The van der Waals surface area contributed by atoms with Gasteiger partial charge in [-0.3, -0.25) is 9.78 Å². The second-order valence-corrected chi connectivity index (χ2v) is 4.09. The van der Waals surface area contributed by atoms with Gasteiger partial charge in [0.25, 0.3) is 0 Å². The molecule has 0 radical (unpaired) electrons. The maximum absolute atomic E-state index is 6.11. The van der Waals surface area contributed by atoms with E-state index in [9.17, 15) is 0 Å².